The average Bonchev–Trinajstić information content (AvgIpc) is 3.45. The molecule has 168 valence electrons. The Morgan fingerprint density at radius 2 is 1.85 bits per heavy atom. The molecule has 0 aliphatic carbocycles. The van der Waals surface area contributed by atoms with Crippen LogP contribution in [0.15, 0.2) is 67.5 Å². The quantitative estimate of drug-likeness (QED) is 0.373. The maximum absolute atomic E-state index is 12.4. The molecule has 0 radical (unpaired) electrons. The lowest BCUT2D eigenvalue weighted by Crippen LogP contribution is -2.37. The number of furan rings is 1. The minimum Gasteiger partial charge on any atom is -0.464 e. The predicted octanol–water partition coefficient (Wildman–Crippen LogP) is 3.70. The van der Waals surface area contributed by atoms with Crippen LogP contribution in [0.4, 0.5) is 22.7 Å². The van der Waals surface area contributed by atoms with E-state index in [1.165, 1.54) is 6.07 Å². The molecule has 8 heteroatoms. The van der Waals surface area contributed by atoms with E-state index >= 15 is 0 Å². The number of nitrogens with one attached hydrogen (secondary N) is 3. The lowest BCUT2D eigenvalue weighted by Gasteiger charge is -2.21. The molecule has 3 heterocycles. The van der Waals surface area contributed by atoms with Gasteiger partial charge in [0.15, 0.2) is 0 Å². The van der Waals surface area contributed by atoms with Gasteiger partial charge in [-0.1, -0.05) is 19.1 Å². The normalized spacial score (nSPS) is 13.8. The van der Waals surface area contributed by atoms with E-state index in [0.717, 1.165) is 34.0 Å². The van der Waals surface area contributed by atoms with Crippen molar-refractivity contribution in [1.29, 1.82) is 0 Å². The zero-order chi connectivity index (χ0) is 23.1. The first-order chi connectivity index (χ1) is 15.9. The first-order valence-electron chi connectivity index (χ1n) is 10.9. The van der Waals surface area contributed by atoms with Gasteiger partial charge in [-0.2, -0.15) is 0 Å². The summed E-state index contributed by atoms with van der Waals surface area (Å²) in [7, 11) is 0. The number of aryl methyl sites for hydroxylation is 1. The van der Waals surface area contributed by atoms with E-state index in [1.807, 2.05) is 44.2 Å². The lowest BCUT2D eigenvalue weighted by molar-refractivity contribution is 0.452. The number of benzene rings is 1. The highest BCUT2D eigenvalue weighted by Gasteiger charge is 2.27. The molecule has 0 saturated carbocycles. The first kappa shape index (κ1) is 20.8. The van der Waals surface area contributed by atoms with Crippen molar-refractivity contribution in [2.75, 3.05) is 15.5 Å². The molecule has 0 fully saturated rings. The van der Waals surface area contributed by atoms with Crippen LogP contribution in [0.25, 0.3) is 0 Å². The minimum absolute atomic E-state index is 0.145. The highest BCUT2D eigenvalue weighted by molar-refractivity contribution is 5.80. The number of fused-ring (bicyclic) bond motifs is 1. The first-order valence-corrected chi connectivity index (χ1v) is 10.9. The van der Waals surface area contributed by atoms with Crippen molar-refractivity contribution in [1.82, 2.24) is 4.98 Å². The molecule has 0 spiro atoms. The lowest BCUT2D eigenvalue weighted by atomic mass is 10.1. The van der Waals surface area contributed by atoms with E-state index < -0.39 is 10.9 Å². The van der Waals surface area contributed by atoms with E-state index in [4.69, 9.17) is 4.42 Å². The molecule has 4 aromatic rings. The number of hydrogen-bond donors (Lipinski definition) is 3. The van der Waals surface area contributed by atoms with Crippen molar-refractivity contribution in [3.05, 3.63) is 102 Å². The van der Waals surface area contributed by atoms with Gasteiger partial charge in [-0.25, -0.2) is 0 Å². The third-order valence-electron chi connectivity index (χ3n) is 6.12. The summed E-state index contributed by atoms with van der Waals surface area (Å²) in [5.41, 5.74) is 3.23. The number of rotatable bonds is 7. The number of hydrogen-bond acceptors (Lipinski definition) is 7. The third kappa shape index (κ3) is 3.73. The molecule has 1 aliphatic rings. The van der Waals surface area contributed by atoms with Gasteiger partial charge < -0.3 is 24.9 Å². The third-order valence-corrected chi connectivity index (χ3v) is 6.12. The van der Waals surface area contributed by atoms with Gasteiger partial charge in [0, 0.05) is 31.0 Å². The molecule has 0 saturated heterocycles. The molecule has 0 amide bonds. The molecular weight excluding hydrogens is 420 g/mol. The van der Waals surface area contributed by atoms with Crippen molar-refractivity contribution in [3.8, 4) is 0 Å². The van der Waals surface area contributed by atoms with Gasteiger partial charge in [0.2, 0.25) is 5.56 Å². The second kappa shape index (κ2) is 8.12. The topological polar surface area (TPSA) is 107 Å². The van der Waals surface area contributed by atoms with Crippen LogP contribution in [-0.4, -0.2) is 4.98 Å². The van der Waals surface area contributed by atoms with Crippen molar-refractivity contribution in [2.45, 2.75) is 39.4 Å². The van der Waals surface area contributed by atoms with Gasteiger partial charge in [0.05, 0.1) is 11.7 Å². The molecule has 5 rings (SSSR count). The molecule has 3 N–H and O–H groups in total. The van der Waals surface area contributed by atoms with Gasteiger partial charge in [0.25, 0.3) is 10.9 Å². The van der Waals surface area contributed by atoms with Crippen LogP contribution >= 0.6 is 0 Å². The zero-order valence-electron chi connectivity index (χ0n) is 18.4. The van der Waals surface area contributed by atoms with E-state index in [2.05, 4.69) is 20.5 Å². The Labute approximate surface area is 189 Å². The average molecular weight is 444 g/mol. The van der Waals surface area contributed by atoms with E-state index in [9.17, 15) is 14.4 Å². The zero-order valence-corrected chi connectivity index (χ0v) is 18.4. The van der Waals surface area contributed by atoms with Gasteiger partial charge in [-0.3, -0.25) is 14.4 Å². The number of H-pyrrole nitrogens is 1. The molecule has 1 atom stereocenters. The number of anilines is 4. The van der Waals surface area contributed by atoms with Crippen LogP contribution < -0.4 is 32.0 Å². The fourth-order valence-electron chi connectivity index (χ4n) is 4.29. The van der Waals surface area contributed by atoms with Crippen LogP contribution in [-0.2, 0) is 13.1 Å². The molecule has 2 aromatic heterocycles. The SMILES string of the molecule is CC[C@@H](Nc1c(Nc2cccc3c2CN(c2ccc(=O)[nH]c2)C3)c(=O)c1=O)c1ccc(C)o1. The largest absolute Gasteiger partial charge is 0.464 e. The van der Waals surface area contributed by atoms with Gasteiger partial charge >= 0.3 is 0 Å². The van der Waals surface area contributed by atoms with Gasteiger partial charge in [-0.15, -0.1) is 0 Å². The summed E-state index contributed by atoms with van der Waals surface area (Å²) in [6.07, 6.45) is 2.39. The summed E-state index contributed by atoms with van der Waals surface area (Å²) >= 11 is 0. The van der Waals surface area contributed by atoms with Crippen LogP contribution in [0.2, 0.25) is 0 Å². The summed E-state index contributed by atoms with van der Waals surface area (Å²) in [5, 5.41) is 6.41. The smallest absolute Gasteiger partial charge is 0.253 e. The summed E-state index contributed by atoms with van der Waals surface area (Å²) < 4.78 is 5.71. The summed E-state index contributed by atoms with van der Waals surface area (Å²) in [6.45, 7) is 5.16. The maximum Gasteiger partial charge on any atom is 0.253 e. The number of aromatic amines is 1. The summed E-state index contributed by atoms with van der Waals surface area (Å²) in [5.74, 6) is 1.52. The Balaban J connectivity index is 1.40. The van der Waals surface area contributed by atoms with Gasteiger partial charge in [0.1, 0.15) is 22.9 Å². The fraction of sp³-hybridized carbons (Fsp3) is 0.240. The van der Waals surface area contributed by atoms with Gasteiger partial charge in [-0.05, 0) is 48.7 Å². The number of aromatic nitrogens is 1. The second-order valence-electron chi connectivity index (χ2n) is 8.30. The Bertz CT molecular complexity index is 1440. The Hall–Kier alpha value is -4.07. The molecule has 0 unspecified atom stereocenters. The molecule has 1 aliphatic heterocycles. The Morgan fingerprint density at radius 3 is 2.55 bits per heavy atom. The maximum atomic E-state index is 12.4. The predicted molar refractivity (Wildman–Crippen MR) is 128 cm³/mol. The fourth-order valence-corrected chi connectivity index (χ4v) is 4.29. The standard InChI is InChI=1S/C25H24N4O4/c1-3-18(20-9-7-14(2)33-20)27-22-23(25(32)24(22)31)28-19-6-4-5-15-12-29(13-17(15)19)16-8-10-21(30)26-11-16/h4-11,18,27-28H,3,12-13H2,1-2H3,(H,26,30)/t18-/m1/s1. The van der Waals surface area contributed by atoms with Crippen molar-refractivity contribution >= 4 is 22.7 Å². The number of pyridine rings is 1. The molecular formula is C25H24N4O4. The Morgan fingerprint density at radius 1 is 1.03 bits per heavy atom. The van der Waals surface area contributed by atoms with E-state index in [-0.39, 0.29) is 23.0 Å². The summed E-state index contributed by atoms with van der Waals surface area (Å²) in [6, 6.07) is 12.7. The van der Waals surface area contributed by atoms with Crippen LogP contribution in [0, 0.1) is 6.92 Å². The van der Waals surface area contributed by atoms with E-state index in [1.54, 1.807) is 12.3 Å². The van der Waals surface area contributed by atoms with Crippen LogP contribution in [0.3, 0.4) is 0 Å². The molecule has 2 aromatic carbocycles. The summed E-state index contributed by atoms with van der Waals surface area (Å²) in [4.78, 5) is 41.0. The highest BCUT2D eigenvalue weighted by Crippen LogP contribution is 2.35. The molecule has 33 heavy (non-hydrogen) atoms. The molecule has 0 bridgehead atoms. The number of nitrogens with zero attached hydrogens (tertiary/aromatic N) is 1. The van der Waals surface area contributed by atoms with Crippen molar-refractivity contribution in [3.63, 3.8) is 0 Å². The van der Waals surface area contributed by atoms with Crippen LogP contribution in [0.1, 0.15) is 42.0 Å². The second-order valence-corrected chi connectivity index (χ2v) is 8.30. The minimum atomic E-state index is -0.531. The molecule has 8 nitrogen and oxygen atoms in total. The van der Waals surface area contributed by atoms with Crippen molar-refractivity contribution in [2.24, 2.45) is 0 Å². The van der Waals surface area contributed by atoms with Crippen LogP contribution in [0.5, 0.6) is 0 Å². The monoisotopic (exact) mass is 444 g/mol. The highest BCUT2D eigenvalue weighted by atomic mass is 16.3. The Kier molecular flexibility index (Phi) is 5.12. The van der Waals surface area contributed by atoms with Crippen molar-refractivity contribution < 1.29 is 4.42 Å². The van der Waals surface area contributed by atoms with E-state index in [0.29, 0.717) is 19.5 Å².